The predicted molar refractivity (Wildman–Crippen MR) is 102 cm³/mol. The van der Waals surface area contributed by atoms with E-state index >= 15 is 0 Å². The predicted octanol–water partition coefficient (Wildman–Crippen LogP) is 1.36. The molecule has 27 heavy (non-hydrogen) atoms. The lowest BCUT2D eigenvalue weighted by Gasteiger charge is -2.41. The fraction of sp³-hybridized carbons (Fsp3) is 0.778. The van der Waals surface area contributed by atoms with Crippen molar-refractivity contribution in [2.75, 3.05) is 19.9 Å². The Morgan fingerprint density at radius 1 is 1.37 bits per heavy atom. The van der Waals surface area contributed by atoms with Gasteiger partial charge in [-0.05, 0) is 39.5 Å². The van der Waals surface area contributed by atoms with E-state index in [0.717, 1.165) is 42.5 Å². The quantitative estimate of drug-likeness (QED) is 0.748. The third-order valence-corrected chi connectivity index (χ3v) is 6.36. The van der Waals surface area contributed by atoms with E-state index < -0.39 is 10.0 Å². The van der Waals surface area contributed by atoms with Crippen LogP contribution >= 0.6 is 0 Å². The first kappa shape index (κ1) is 20.3. The number of rotatable bonds is 7. The molecule has 0 unspecified atom stereocenters. The van der Waals surface area contributed by atoms with Crippen molar-refractivity contribution in [2.45, 2.75) is 70.7 Å². The second kappa shape index (κ2) is 7.52. The lowest BCUT2D eigenvalue weighted by molar-refractivity contribution is -0.145. The maximum absolute atomic E-state index is 12.8. The average Bonchev–Trinajstić information content (AvgIpc) is 2.93. The van der Waals surface area contributed by atoms with Gasteiger partial charge in [-0.25, -0.2) is 13.1 Å². The van der Waals surface area contributed by atoms with Crippen molar-refractivity contribution >= 4 is 15.9 Å². The summed E-state index contributed by atoms with van der Waals surface area (Å²) < 4.78 is 32.9. The third-order valence-electron chi connectivity index (χ3n) is 5.69. The fourth-order valence-corrected chi connectivity index (χ4v) is 4.31. The van der Waals surface area contributed by atoms with Crippen LogP contribution in [0.5, 0.6) is 0 Å². The van der Waals surface area contributed by atoms with Crippen LogP contribution in [0, 0.1) is 0 Å². The molecule has 1 aliphatic heterocycles. The smallest absolute Gasteiger partial charge is 0.225 e. The van der Waals surface area contributed by atoms with Crippen LogP contribution in [0.1, 0.15) is 62.5 Å². The highest BCUT2D eigenvalue weighted by molar-refractivity contribution is 7.88. The molecule has 0 radical (unpaired) electrons. The van der Waals surface area contributed by atoms with Crippen LogP contribution in [-0.2, 0) is 39.1 Å². The molecular formula is C18H30N4O4S. The summed E-state index contributed by atoms with van der Waals surface area (Å²) in [6, 6.07) is 0.137. The van der Waals surface area contributed by atoms with Crippen LogP contribution in [0.4, 0.5) is 0 Å². The van der Waals surface area contributed by atoms with Gasteiger partial charge in [0.05, 0.1) is 42.8 Å². The molecule has 1 saturated carbocycles. The van der Waals surface area contributed by atoms with Gasteiger partial charge < -0.3 is 9.64 Å². The molecule has 0 saturated heterocycles. The first-order valence-corrected chi connectivity index (χ1v) is 11.4. The molecule has 8 nitrogen and oxygen atoms in total. The van der Waals surface area contributed by atoms with Gasteiger partial charge in [0.1, 0.15) is 0 Å². The number of ether oxygens (including phenoxy) is 1. The van der Waals surface area contributed by atoms with Crippen molar-refractivity contribution in [1.29, 1.82) is 0 Å². The number of amides is 1. The molecule has 3 rings (SSSR count). The lowest BCUT2D eigenvalue weighted by Crippen LogP contribution is -2.46. The third kappa shape index (κ3) is 4.35. The van der Waals surface area contributed by atoms with Crippen LogP contribution in [-0.4, -0.2) is 54.5 Å². The van der Waals surface area contributed by atoms with Crippen LogP contribution in [0.3, 0.4) is 0 Å². The Morgan fingerprint density at radius 3 is 2.59 bits per heavy atom. The minimum absolute atomic E-state index is 0.120. The maximum atomic E-state index is 12.8. The van der Waals surface area contributed by atoms with Crippen molar-refractivity contribution < 1.29 is 17.9 Å². The number of fused-ring (bicyclic) bond motifs is 1. The van der Waals surface area contributed by atoms with E-state index in [4.69, 9.17) is 4.74 Å². The average molecular weight is 399 g/mol. The number of nitrogens with one attached hydrogen (secondary N) is 1. The second-order valence-electron chi connectivity index (χ2n) is 7.99. The van der Waals surface area contributed by atoms with E-state index in [0.29, 0.717) is 25.9 Å². The molecule has 152 valence electrons. The van der Waals surface area contributed by atoms with Crippen molar-refractivity contribution in [3.63, 3.8) is 0 Å². The second-order valence-corrected chi connectivity index (χ2v) is 9.82. The van der Waals surface area contributed by atoms with Gasteiger partial charge in [-0.3, -0.25) is 9.48 Å². The summed E-state index contributed by atoms with van der Waals surface area (Å²) in [6.45, 7) is 5.40. The largest absolute Gasteiger partial charge is 0.378 e. The molecule has 0 spiro atoms. The van der Waals surface area contributed by atoms with Gasteiger partial charge in [-0.1, -0.05) is 0 Å². The molecule has 2 heterocycles. The van der Waals surface area contributed by atoms with Gasteiger partial charge in [0, 0.05) is 25.3 Å². The number of hydrogen-bond acceptors (Lipinski definition) is 5. The zero-order valence-corrected chi connectivity index (χ0v) is 17.4. The number of carbonyl (C=O) groups excluding carboxylic acids is 1. The van der Waals surface area contributed by atoms with E-state index in [-0.39, 0.29) is 24.1 Å². The van der Waals surface area contributed by atoms with E-state index in [2.05, 4.69) is 9.82 Å². The monoisotopic (exact) mass is 398 g/mol. The lowest BCUT2D eigenvalue weighted by atomic mass is 9.77. The van der Waals surface area contributed by atoms with Crippen LogP contribution in [0.15, 0.2) is 0 Å². The number of hydrogen-bond donors (Lipinski definition) is 1. The number of carbonyl (C=O) groups is 1. The molecular weight excluding hydrogens is 368 g/mol. The molecule has 1 N–H and O–H groups in total. The first-order chi connectivity index (χ1) is 12.6. The van der Waals surface area contributed by atoms with Gasteiger partial charge in [0.25, 0.3) is 0 Å². The molecule has 1 amide bonds. The van der Waals surface area contributed by atoms with Gasteiger partial charge >= 0.3 is 0 Å². The fourth-order valence-electron chi connectivity index (χ4n) is 3.91. The molecule has 1 aromatic rings. The van der Waals surface area contributed by atoms with Gasteiger partial charge in [0.2, 0.25) is 15.9 Å². The minimum Gasteiger partial charge on any atom is -0.378 e. The zero-order valence-electron chi connectivity index (χ0n) is 16.6. The normalized spacial score (nSPS) is 19.1. The Kier molecular flexibility index (Phi) is 5.65. The topological polar surface area (TPSA) is 93.5 Å². The van der Waals surface area contributed by atoms with Crippen molar-refractivity contribution in [3.05, 3.63) is 17.0 Å². The van der Waals surface area contributed by atoms with Gasteiger partial charge in [0.15, 0.2) is 0 Å². The van der Waals surface area contributed by atoms with Crippen LogP contribution in [0.2, 0.25) is 0 Å². The zero-order chi connectivity index (χ0) is 19.8. The number of nitrogens with zero attached hydrogens (tertiary/aromatic N) is 3. The highest BCUT2D eigenvalue weighted by Crippen LogP contribution is 2.39. The molecule has 1 fully saturated rings. The van der Waals surface area contributed by atoms with Gasteiger partial charge in [-0.2, -0.15) is 5.10 Å². The SMILES string of the molecule is COC1(CC(=O)N2CCc3c(CNS(C)(=O)=O)nn(C(C)C)c3C2)CCC1. The molecule has 0 bridgehead atoms. The number of methoxy groups -OCH3 is 1. The highest BCUT2D eigenvalue weighted by atomic mass is 32.2. The Hall–Kier alpha value is -1.45. The maximum Gasteiger partial charge on any atom is 0.225 e. The molecule has 0 atom stereocenters. The van der Waals surface area contributed by atoms with E-state index in [1.165, 1.54) is 0 Å². The van der Waals surface area contributed by atoms with E-state index in [9.17, 15) is 13.2 Å². The first-order valence-electron chi connectivity index (χ1n) is 9.51. The van der Waals surface area contributed by atoms with Crippen molar-refractivity contribution in [1.82, 2.24) is 19.4 Å². The molecule has 1 aliphatic carbocycles. The van der Waals surface area contributed by atoms with E-state index in [1.54, 1.807) is 7.11 Å². The molecule has 9 heteroatoms. The van der Waals surface area contributed by atoms with E-state index in [1.807, 2.05) is 23.4 Å². The summed E-state index contributed by atoms with van der Waals surface area (Å²) >= 11 is 0. The number of aromatic nitrogens is 2. The Morgan fingerprint density at radius 2 is 2.07 bits per heavy atom. The Bertz CT molecular complexity index is 806. The summed E-state index contributed by atoms with van der Waals surface area (Å²) in [5.41, 5.74) is 2.55. The summed E-state index contributed by atoms with van der Waals surface area (Å²) in [6.07, 6.45) is 5.26. The van der Waals surface area contributed by atoms with Crippen LogP contribution < -0.4 is 4.72 Å². The number of sulfonamides is 1. The summed E-state index contributed by atoms with van der Waals surface area (Å²) in [5, 5.41) is 4.63. The summed E-state index contributed by atoms with van der Waals surface area (Å²) in [7, 11) is -1.59. The summed E-state index contributed by atoms with van der Waals surface area (Å²) in [5.74, 6) is 0.120. The standard InChI is InChI=1S/C18H30N4O4S/c1-13(2)22-16-12-21(17(23)10-18(26-3)7-5-8-18)9-6-14(16)15(20-22)11-19-27(4,24)25/h13,19H,5-12H2,1-4H3. The minimum atomic E-state index is -3.28. The van der Waals surface area contributed by atoms with Crippen molar-refractivity contribution in [3.8, 4) is 0 Å². The highest BCUT2D eigenvalue weighted by Gasteiger charge is 2.40. The van der Waals surface area contributed by atoms with Crippen molar-refractivity contribution in [2.24, 2.45) is 0 Å². The van der Waals surface area contributed by atoms with Crippen LogP contribution in [0.25, 0.3) is 0 Å². The Labute approximate surface area is 161 Å². The molecule has 0 aromatic carbocycles. The Balaban J connectivity index is 1.77. The molecule has 1 aromatic heterocycles. The molecule has 2 aliphatic rings. The summed E-state index contributed by atoms with van der Waals surface area (Å²) in [4.78, 5) is 14.7. The van der Waals surface area contributed by atoms with Gasteiger partial charge in [-0.15, -0.1) is 0 Å².